The van der Waals surface area contributed by atoms with Crippen molar-refractivity contribution in [1.29, 1.82) is 0 Å². The van der Waals surface area contributed by atoms with Gasteiger partial charge in [-0.25, -0.2) is 0 Å². The van der Waals surface area contributed by atoms with Crippen LogP contribution >= 0.6 is 0 Å². The highest BCUT2D eigenvalue weighted by atomic mass is 16.5. The van der Waals surface area contributed by atoms with Crippen molar-refractivity contribution >= 4 is 29.6 Å². The minimum absolute atomic E-state index is 0.0240. The lowest BCUT2D eigenvalue weighted by Gasteiger charge is -2.32. The molecule has 43 heavy (non-hydrogen) atoms. The normalized spacial score (nSPS) is 15.2. The molecule has 1 saturated heterocycles. The van der Waals surface area contributed by atoms with E-state index in [-0.39, 0.29) is 30.6 Å². The molecular weight excluding hydrogens is 552 g/mol. The van der Waals surface area contributed by atoms with Gasteiger partial charge in [0.2, 0.25) is 23.6 Å². The molecule has 0 aliphatic carbocycles. The summed E-state index contributed by atoms with van der Waals surface area (Å²) in [5, 5.41) is 14.9. The molecule has 4 amide bonds. The average molecular weight is 595 g/mol. The number of carboxylic acid groups (broad SMARTS) is 1. The zero-order valence-electron chi connectivity index (χ0n) is 25.0. The number of rotatable bonds is 14. The number of ether oxygens (including phenoxy) is 1. The van der Waals surface area contributed by atoms with E-state index in [4.69, 9.17) is 4.74 Å². The Morgan fingerprint density at radius 2 is 1.42 bits per heavy atom. The summed E-state index contributed by atoms with van der Waals surface area (Å²) in [4.78, 5) is 68.4. The molecule has 0 radical (unpaired) electrons. The van der Waals surface area contributed by atoms with E-state index in [1.165, 1.54) is 11.9 Å². The third-order valence-corrected chi connectivity index (χ3v) is 7.29. The van der Waals surface area contributed by atoms with E-state index in [0.717, 1.165) is 11.1 Å². The molecule has 3 N–H and O–H groups in total. The molecule has 232 valence electrons. The van der Waals surface area contributed by atoms with Crippen LogP contribution < -0.4 is 10.6 Å². The molecule has 3 atom stereocenters. The highest BCUT2D eigenvalue weighted by molar-refractivity contribution is 5.96. The zero-order valence-corrected chi connectivity index (χ0v) is 25.0. The molecule has 1 fully saturated rings. The topological polar surface area (TPSA) is 145 Å². The SMILES string of the molecule is CC(C)C[C@@H](C(=O)N[C@@H](CC(=O)O)C(=O)N[C@@H](Cc1ccccc1)C(=O)N1CCOCC1)N(C)C(=O)Cc1ccccc1. The Balaban J connectivity index is 1.78. The van der Waals surface area contributed by atoms with Crippen molar-refractivity contribution in [2.75, 3.05) is 33.4 Å². The van der Waals surface area contributed by atoms with Crippen LogP contribution in [0.25, 0.3) is 0 Å². The van der Waals surface area contributed by atoms with E-state index in [1.807, 2.05) is 74.5 Å². The van der Waals surface area contributed by atoms with Gasteiger partial charge in [-0.3, -0.25) is 24.0 Å². The summed E-state index contributed by atoms with van der Waals surface area (Å²) in [5.74, 6) is -3.31. The second-order valence-corrected chi connectivity index (χ2v) is 11.2. The maximum absolute atomic E-state index is 13.6. The monoisotopic (exact) mass is 594 g/mol. The number of hydrogen-bond donors (Lipinski definition) is 3. The first-order valence-electron chi connectivity index (χ1n) is 14.6. The van der Waals surface area contributed by atoms with Crippen LogP contribution in [0.4, 0.5) is 0 Å². The first kappa shape index (κ1) is 33.3. The van der Waals surface area contributed by atoms with Gasteiger partial charge < -0.3 is 30.3 Å². The van der Waals surface area contributed by atoms with Crippen molar-refractivity contribution < 1.29 is 33.8 Å². The highest BCUT2D eigenvalue weighted by Gasteiger charge is 2.34. The smallest absolute Gasteiger partial charge is 0.305 e. The van der Waals surface area contributed by atoms with Gasteiger partial charge in [0.1, 0.15) is 18.1 Å². The molecule has 0 unspecified atom stereocenters. The van der Waals surface area contributed by atoms with Crippen LogP contribution in [-0.2, 0) is 41.6 Å². The van der Waals surface area contributed by atoms with E-state index in [2.05, 4.69) is 10.6 Å². The molecule has 2 aromatic carbocycles. The second kappa shape index (κ2) is 16.4. The molecule has 0 saturated carbocycles. The minimum Gasteiger partial charge on any atom is -0.481 e. The lowest BCUT2D eigenvalue weighted by molar-refractivity contribution is -0.144. The number of benzene rings is 2. The summed E-state index contributed by atoms with van der Waals surface area (Å²) in [6.45, 7) is 5.31. The first-order chi connectivity index (χ1) is 20.5. The van der Waals surface area contributed by atoms with Crippen LogP contribution in [0.15, 0.2) is 60.7 Å². The summed E-state index contributed by atoms with van der Waals surface area (Å²) in [7, 11) is 1.53. The molecule has 0 spiro atoms. The number of aliphatic carboxylic acids is 1. The third-order valence-electron chi connectivity index (χ3n) is 7.29. The molecule has 0 aromatic heterocycles. The predicted molar refractivity (Wildman–Crippen MR) is 160 cm³/mol. The fourth-order valence-electron chi connectivity index (χ4n) is 4.93. The largest absolute Gasteiger partial charge is 0.481 e. The van der Waals surface area contributed by atoms with Crippen LogP contribution in [0.3, 0.4) is 0 Å². The molecule has 2 aromatic rings. The van der Waals surface area contributed by atoms with Crippen molar-refractivity contribution in [3.05, 3.63) is 71.8 Å². The van der Waals surface area contributed by atoms with Crippen molar-refractivity contribution in [2.45, 2.75) is 57.7 Å². The van der Waals surface area contributed by atoms with Gasteiger partial charge in [0, 0.05) is 26.6 Å². The predicted octanol–water partition coefficient (Wildman–Crippen LogP) is 1.65. The van der Waals surface area contributed by atoms with Gasteiger partial charge in [0.05, 0.1) is 26.1 Å². The Bertz CT molecular complexity index is 1230. The molecule has 1 heterocycles. The number of hydrogen-bond acceptors (Lipinski definition) is 6. The van der Waals surface area contributed by atoms with Crippen molar-refractivity contribution in [3.63, 3.8) is 0 Å². The Labute approximate surface area is 252 Å². The summed E-state index contributed by atoms with van der Waals surface area (Å²) in [6, 6.07) is 14.9. The number of morpholine rings is 1. The van der Waals surface area contributed by atoms with Crippen molar-refractivity contribution in [3.8, 4) is 0 Å². The molecule has 11 nitrogen and oxygen atoms in total. The number of nitrogens with zero attached hydrogens (tertiary/aromatic N) is 2. The van der Waals surface area contributed by atoms with E-state index in [9.17, 15) is 29.1 Å². The van der Waals surface area contributed by atoms with Gasteiger partial charge in [-0.1, -0.05) is 74.5 Å². The average Bonchev–Trinajstić information content (AvgIpc) is 2.99. The first-order valence-corrected chi connectivity index (χ1v) is 14.6. The third kappa shape index (κ3) is 10.5. The van der Waals surface area contributed by atoms with Gasteiger partial charge in [-0.15, -0.1) is 0 Å². The zero-order chi connectivity index (χ0) is 31.4. The van der Waals surface area contributed by atoms with E-state index >= 15 is 0 Å². The minimum atomic E-state index is -1.46. The summed E-state index contributed by atoms with van der Waals surface area (Å²) >= 11 is 0. The fourth-order valence-corrected chi connectivity index (χ4v) is 4.93. The summed E-state index contributed by atoms with van der Waals surface area (Å²) < 4.78 is 5.35. The quantitative estimate of drug-likeness (QED) is 0.302. The van der Waals surface area contributed by atoms with E-state index < -0.39 is 42.3 Å². The number of carbonyl (C=O) groups is 5. The maximum Gasteiger partial charge on any atom is 0.305 e. The van der Waals surface area contributed by atoms with Crippen molar-refractivity contribution in [2.24, 2.45) is 5.92 Å². The Morgan fingerprint density at radius 1 is 0.860 bits per heavy atom. The molecule has 0 bridgehead atoms. The number of nitrogens with one attached hydrogen (secondary N) is 2. The standard InChI is InChI=1S/C32H42N4O7/c1-22(2)18-27(35(3)28(37)20-24-12-8-5-9-13-24)31(41)33-25(21-29(38)39)30(40)34-26(19-23-10-6-4-7-11-23)32(42)36-14-16-43-17-15-36/h4-13,22,25-27H,14-21H2,1-3H3,(H,33,41)(H,34,40)(H,38,39)/t25-,26-,27-/m0/s1. The van der Waals surface area contributed by atoms with Crippen LogP contribution in [0, 0.1) is 5.92 Å². The maximum atomic E-state index is 13.6. The number of carboxylic acids is 1. The van der Waals surface area contributed by atoms with Crippen molar-refractivity contribution in [1.82, 2.24) is 20.4 Å². The number of likely N-dealkylation sites (N-methyl/N-ethyl adjacent to an activating group) is 1. The van der Waals surface area contributed by atoms with Crippen LogP contribution in [-0.4, -0.2) is 96.0 Å². The van der Waals surface area contributed by atoms with Crippen LogP contribution in [0.2, 0.25) is 0 Å². The van der Waals surface area contributed by atoms with Gasteiger partial charge in [-0.05, 0) is 23.5 Å². The Kier molecular flexibility index (Phi) is 12.7. The lowest BCUT2D eigenvalue weighted by Crippen LogP contribution is -2.58. The molecule has 11 heteroatoms. The number of amides is 4. The second-order valence-electron chi connectivity index (χ2n) is 11.2. The highest BCUT2D eigenvalue weighted by Crippen LogP contribution is 2.14. The molecular formula is C32H42N4O7. The van der Waals surface area contributed by atoms with Crippen LogP contribution in [0.1, 0.15) is 37.8 Å². The lowest BCUT2D eigenvalue weighted by atomic mass is 10.00. The number of carbonyl (C=O) groups excluding carboxylic acids is 4. The van der Waals surface area contributed by atoms with Crippen LogP contribution in [0.5, 0.6) is 0 Å². The molecule has 3 rings (SSSR count). The Hall–Kier alpha value is -4.25. The van der Waals surface area contributed by atoms with Gasteiger partial charge in [-0.2, -0.15) is 0 Å². The molecule has 1 aliphatic rings. The van der Waals surface area contributed by atoms with E-state index in [1.54, 1.807) is 4.90 Å². The van der Waals surface area contributed by atoms with E-state index in [0.29, 0.717) is 32.7 Å². The molecule has 1 aliphatic heterocycles. The summed E-state index contributed by atoms with van der Waals surface area (Å²) in [5.41, 5.74) is 1.60. The fraction of sp³-hybridized carbons (Fsp3) is 0.469. The summed E-state index contributed by atoms with van der Waals surface area (Å²) in [6.07, 6.45) is -0.125. The Morgan fingerprint density at radius 3 is 1.98 bits per heavy atom. The van der Waals surface area contributed by atoms with Gasteiger partial charge >= 0.3 is 5.97 Å². The van der Waals surface area contributed by atoms with Gasteiger partial charge in [0.15, 0.2) is 0 Å². The van der Waals surface area contributed by atoms with Gasteiger partial charge in [0.25, 0.3) is 0 Å².